The van der Waals surface area contributed by atoms with Gasteiger partial charge in [0.05, 0.1) is 23.2 Å². The van der Waals surface area contributed by atoms with Crippen LogP contribution >= 0.6 is 11.6 Å². The lowest BCUT2D eigenvalue weighted by Gasteiger charge is -2.30. The van der Waals surface area contributed by atoms with Gasteiger partial charge in [0.25, 0.3) is 0 Å². The third kappa shape index (κ3) is 4.71. The Balaban J connectivity index is 1.94. The summed E-state index contributed by atoms with van der Waals surface area (Å²) < 4.78 is 0. The van der Waals surface area contributed by atoms with Crippen LogP contribution < -0.4 is 16.0 Å². The van der Waals surface area contributed by atoms with Gasteiger partial charge in [-0.3, -0.25) is 9.59 Å². The molecule has 0 spiro atoms. The van der Waals surface area contributed by atoms with E-state index in [1.54, 1.807) is 7.05 Å². The van der Waals surface area contributed by atoms with Gasteiger partial charge in [-0.1, -0.05) is 30.5 Å². The second-order valence-corrected chi connectivity index (χ2v) is 6.89. The molecule has 3 N–H and O–H groups in total. The highest BCUT2D eigenvalue weighted by Gasteiger charge is 2.30. The number of benzene rings is 1. The van der Waals surface area contributed by atoms with Gasteiger partial charge in [-0.15, -0.1) is 0 Å². The molecule has 1 aromatic carbocycles. The van der Waals surface area contributed by atoms with Crippen LogP contribution in [-0.4, -0.2) is 31.4 Å². The van der Waals surface area contributed by atoms with Crippen molar-refractivity contribution in [2.24, 2.45) is 5.92 Å². The lowest BCUT2D eigenvalue weighted by atomic mass is 9.84. The Labute approximate surface area is 148 Å². The number of hydrogen-bond acceptors (Lipinski definition) is 3. The zero-order valence-electron chi connectivity index (χ0n) is 14.5. The molecule has 1 saturated carbocycles. The van der Waals surface area contributed by atoms with E-state index in [9.17, 15) is 9.59 Å². The van der Waals surface area contributed by atoms with Crippen LogP contribution in [0.5, 0.6) is 0 Å². The molecule has 0 saturated heterocycles. The minimum atomic E-state index is -0.148. The SMILES string of the molecule is CNC(=O)[C@@H]1CCCC[C@@H]1NCC(=O)Nc1c(C)cc(C)cc1Cl. The molecule has 5 nitrogen and oxygen atoms in total. The fourth-order valence-corrected chi connectivity index (χ4v) is 3.72. The summed E-state index contributed by atoms with van der Waals surface area (Å²) in [6, 6.07) is 3.86. The van der Waals surface area contributed by atoms with Crippen LogP contribution in [-0.2, 0) is 9.59 Å². The molecule has 2 rings (SSSR count). The first kappa shape index (κ1) is 18.7. The predicted octanol–water partition coefficient (Wildman–Crippen LogP) is 2.79. The van der Waals surface area contributed by atoms with Crippen molar-refractivity contribution in [3.63, 3.8) is 0 Å². The molecule has 2 amide bonds. The smallest absolute Gasteiger partial charge is 0.238 e. The van der Waals surface area contributed by atoms with Gasteiger partial charge < -0.3 is 16.0 Å². The molecule has 0 heterocycles. The molecule has 1 aliphatic rings. The number of hydrogen-bond donors (Lipinski definition) is 3. The second kappa shape index (κ2) is 8.49. The highest BCUT2D eigenvalue weighted by Crippen LogP contribution is 2.27. The number of halogens is 1. The van der Waals surface area contributed by atoms with Crippen LogP contribution in [0, 0.1) is 19.8 Å². The maximum absolute atomic E-state index is 12.3. The average Bonchev–Trinajstić information content (AvgIpc) is 2.55. The molecule has 6 heteroatoms. The molecular weight excluding hydrogens is 326 g/mol. The molecule has 0 bridgehead atoms. The van der Waals surface area contributed by atoms with E-state index in [2.05, 4.69) is 16.0 Å². The van der Waals surface area contributed by atoms with Gasteiger partial charge >= 0.3 is 0 Å². The lowest BCUT2D eigenvalue weighted by molar-refractivity contribution is -0.126. The monoisotopic (exact) mass is 351 g/mol. The minimum Gasteiger partial charge on any atom is -0.359 e. The molecule has 0 unspecified atom stereocenters. The number of anilines is 1. The summed E-state index contributed by atoms with van der Waals surface area (Å²) in [5, 5.41) is 9.37. The third-order valence-electron chi connectivity index (χ3n) is 4.57. The van der Waals surface area contributed by atoms with Gasteiger partial charge in [0, 0.05) is 13.1 Å². The highest BCUT2D eigenvalue weighted by atomic mass is 35.5. The molecule has 0 aromatic heterocycles. The summed E-state index contributed by atoms with van der Waals surface area (Å²) in [7, 11) is 1.66. The van der Waals surface area contributed by atoms with E-state index in [0.717, 1.165) is 36.8 Å². The number of amides is 2. The summed E-state index contributed by atoms with van der Waals surface area (Å²) in [6.45, 7) is 4.06. The van der Waals surface area contributed by atoms with Crippen LogP contribution in [0.15, 0.2) is 12.1 Å². The van der Waals surface area contributed by atoms with Crippen molar-refractivity contribution in [1.29, 1.82) is 0 Å². The Morgan fingerprint density at radius 1 is 1.21 bits per heavy atom. The Morgan fingerprint density at radius 3 is 2.58 bits per heavy atom. The van der Waals surface area contributed by atoms with Gasteiger partial charge in [0.1, 0.15) is 0 Å². The Bertz CT molecular complexity index is 595. The van der Waals surface area contributed by atoms with Crippen molar-refractivity contribution in [3.8, 4) is 0 Å². The first-order valence-corrected chi connectivity index (χ1v) is 8.81. The van der Waals surface area contributed by atoms with E-state index in [1.165, 1.54) is 0 Å². The average molecular weight is 352 g/mol. The van der Waals surface area contributed by atoms with E-state index in [4.69, 9.17) is 11.6 Å². The molecule has 1 fully saturated rings. The summed E-state index contributed by atoms with van der Waals surface area (Å²) in [5.41, 5.74) is 2.65. The molecular formula is C18H26ClN3O2. The topological polar surface area (TPSA) is 70.2 Å². The van der Waals surface area contributed by atoms with Crippen molar-refractivity contribution < 1.29 is 9.59 Å². The first-order chi connectivity index (χ1) is 11.4. The van der Waals surface area contributed by atoms with Gasteiger partial charge in [0.15, 0.2) is 0 Å². The Morgan fingerprint density at radius 2 is 1.92 bits per heavy atom. The van der Waals surface area contributed by atoms with E-state index >= 15 is 0 Å². The van der Waals surface area contributed by atoms with Gasteiger partial charge in [-0.05, 0) is 43.9 Å². The fourth-order valence-electron chi connectivity index (χ4n) is 3.36. The van der Waals surface area contributed by atoms with Gasteiger partial charge in [-0.25, -0.2) is 0 Å². The third-order valence-corrected chi connectivity index (χ3v) is 4.87. The quantitative estimate of drug-likeness (QED) is 0.764. The van der Waals surface area contributed by atoms with Crippen molar-refractivity contribution >= 4 is 29.1 Å². The summed E-state index contributed by atoms with van der Waals surface area (Å²) in [5.74, 6) is -0.170. The highest BCUT2D eigenvalue weighted by molar-refractivity contribution is 6.34. The largest absolute Gasteiger partial charge is 0.359 e. The van der Waals surface area contributed by atoms with E-state index < -0.39 is 0 Å². The minimum absolute atomic E-state index is 0.0408. The van der Waals surface area contributed by atoms with Crippen LogP contribution in [0.25, 0.3) is 0 Å². The molecule has 24 heavy (non-hydrogen) atoms. The summed E-state index contributed by atoms with van der Waals surface area (Å²) in [6.07, 6.45) is 3.91. The predicted molar refractivity (Wildman–Crippen MR) is 97.4 cm³/mol. The number of aryl methyl sites for hydroxylation is 2. The van der Waals surface area contributed by atoms with Crippen LogP contribution in [0.1, 0.15) is 36.8 Å². The molecule has 132 valence electrons. The Kier molecular flexibility index (Phi) is 6.63. The zero-order chi connectivity index (χ0) is 17.7. The first-order valence-electron chi connectivity index (χ1n) is 8.44. The van der Waals surface area contributed by atoms with E-state index in [0.29, 0.717) is 10.7 Å². The maximum Gasteiger partial charge on any atom is 0.238 e. The fraction of sp³-hybridized carbons (Fsp3) is 0.556. The summed E-state index contributed by atoms with van der Waals surface area (Å²) in [4.78, 5) is 24.2. The zero-order valence-corrected chi connectivity index (χ0v) is 15.3. The van der Waals surface area contributed by atoms with E-state index in [1.807, 2.05) is 26.0 Å². The van der Waals surface area contributed by atoms with Gasteiger partial charge in [-0.2, -0.15) is 0 Å². The molecule has 1 aromatic rings. The van der Waals surface area contributed by atoms with Crippen LogP contribution in [0.2, 0.25) is 5.02 Å². The lowest BCUT2D eigenvalue weighted by Crippen LogP contribution is -2.47. The summed E-state index contributed by atoms with van der Waals surface area (Å²) >= 11 is 6.22. The van der Waals surface area contributed by atoms with Crippen molar-refractivity contribution in [1.82, 2.24) is 10.6 Å². The number of rotatable bonds is 5. The standard InChI is InChI=1S/C18H26ClN3O2/c1-11-8-12(2)17(14(19)9-11)22-16(23)10-21-15-7-5-4-6-13(15)18(24)20-3/h8-9,13,15,21H,4-7,10H2,1-3H3,(H,20,24)(H,22,23)/t13-,15+/m1/s1. The van der Waals surface area contributed by atoms with Crippen molar-refractivity contribution in [3.05, 3.63) is 28.3 Å². The molecule has 2 atom stereocenters. The van der Waals surface area contributed by atoms with Crippen molar-refractivity contribution in [2.75, 3.05) is 18.9 Å². The Hall–Kier alpha value is -1.59. The molecule has 0 aliphatic heterocycles. The molecule has 0 radical (unpaired) electrons. The van der Waals surface area contributed by atoms with Crippen molar-refractivity contribution in [2.45, 2.75) is 45.6 Å². The number of carbonyl (C=O) groups excluding carboxylic acids is 2. The van der Waals surface area contributed by atoms with Crippen LogP contribution in [0.3, 0.4) is 0 Å². The number of carbonyl (C=O) groups is 2. The van der Waals surface area contributed by atoms with E-state index in [-0.39, 0.29) is 30.3 Å². The normalized spacial score (nSPS) is 20.5. The second-order valence-electron chi connectivity index (χ2n) is 6.48. The van der Waals surface area contributed by atoms with Crippen LogP contribution in [0.4, 0.5) is 5.69 Å². The number of nitrogens with one attached hydrogen (secondary N) is 3. The van der Waals surface area contributed by atoms with Gasteiger partial charge in [0.2, 0.25) is 11.8 Å². The maximum atomic E-state index is 12.3. The molecule has 1 aliphatic carbocycles.